The molecule has 7 heteroatoms. The first-order valence-corrected chi connectivity index (χ1v) is 17.5. The van der Waals surface area contributed by atoms with Gasteiger partial charge in [0.05, 0.1) is 28.7 Å². The number of thioether (sulfide) groups is 1. The molecule has 5 rings (SSSR count). The van der Waals surface area contributed by atoms with Crippen molar-refractivity contribution in [2.24, 2.45) is 5.92 Å². The Balaban J connectivity index is 1.70. The molecule has 0 aliphatic carbocycles. The number of hydrogen-bond acceptors (Lipinski definition) is 5. The third-order valence-electron chi connectivity index (χ3n) is 8.76. The van der Waals surface area contributed by atoms with Crippen molar-refractivity contribution in [3.63, 3.8) is 0 Å². The van der Waals surface area contributed by atoms with Gasteiger partial charge in [-0.1, -0.05) is 125 Å². The number of hydrogen-bond donors (Lipinski definition) is 1. The molecule has 2 saturated heterocycles. The maximum absolute atomic E-state index is 14.0. The molecular formula is C32H39NO4SSi. The normalized spacial score (nSPS) is 23.0. The summed E-state index contributed by atoms with van der Waals surface area (Å²) in [6.07, 6.45) is -1.46. The Kier molecular flexibility index (Phi) is 7.83. The zero-order valence-corrected chi connectivity index (χ0v) is 25.2. The number of aliphatic hydroxyl groups is 1. The zero-order chi connectivity index (χ0) is 27.8. The van der Waals surface area contributed by atoms with Gasteiger partial charge in [0.15, 0.2) is 8.24 Å². The largest absolute Gasteiger partial charge is 0.389 e. The lowest BCUT2D eigenvalue weighted by Gasteiger charge is -2.60. The molecule has 2 fully saturated rings. The maximum Gasteiger partial charge on any atom is 0.224 e. The van der Waals surface area contributed by atoms with Crippen LogP contribution >= 0.6 is 11.8 Å². The molecule has 0 aromatic heterocycles. The summed E-state index contributed by atoms with van der Waals surface area (Å²) in [6.45, 7) is 11.7. The predicted octanol–water partition coefficient (Wildman–Crippen LogP) is 6.24. The lowest BCUT2D eigenvalue weighted by atomic mass is 9.84. The van der Waals surface area contributed by atoms with Crippen molar-refractivity contribution in [2.45, 2.75) is 61.2 Å². The van der Waals surface area contributed by atoms with Crippen LogP contribution in [-0.4, -0.2) is 54.8 Å². The van der Waals surface area contributed by atoms with E-state index < -0.39 is 31.1 Å². The van der Waals surface area contributed by atoms with Gasteiger partial charge in [-0.2, -0.15) is 0 Å². The van der Waals surface area contributed by atoms with E-state index in [9.17, 15) is 9.90 Å². The van der Waals surface area contributed by atoms with Gasteiger partial charge in [0.25, 0.3) is 0 Å². The fraction of sp³-hybridized carbons (Fsp3) is 0.406. The van der Waals surface area contributed by atoms with Crippen molar-refractivity contribution >= 4 is 25.9 Å². The number of aliphatic hydroxyl groups excluding tert-OH is 1. The minimum atomic E-state index is -2.30. The van der Waals surface area contributed by atoms with E-state index in [1.165, 1.54) is 0 Å². The highest BCUT2D eigenvalue weighted by molar-refractivity contribution is 8.01. The van der Waals surface area contributed by atoms with Gasteiger partial charge in [-0.3, -0.25) is 4.79 Å². The van der Waals surface area contributed by atoms with E-state index in [1.54, 1.807) is 11.8 Å². The monoisotopic (exact) mass is 561 g/mol. The highest BCUT2D eigenvalue weighted by atomic mass is 32.2. The lowest BCUT2D eigenvalue weighted by molar-refractivity contribution is -0.155. The number of rotatable bonds is 8. The van der Waals surface area contributed by atoms with Crippen LogP contribution in [0.1, 0.15) is 37.5 Å². The minimum Gasteiger partial charge on any atom is -0.389 e. The molecule has 0 radical (unpaired) electrons. The zero-order valence-electron chi connectivity index (χ0n) is 23.4. The second-order valence-corrected chi connectivity index (χ2v) is 18.4. The molecule has 0 saturated carbocycles. The topological polar surface area (TPSA) is 59.0 Å². The Bertz CT molecular complexity index is 1160. The van der Waals surface area contributed by atoms with Gasteiger partial charge in [-0.25, -0.2) is 0 Å². The Labute approximate surface area is 237 Å². The quantitative estimate of drug-likeness (QED) is 0.201. The molecule has 0 spiro atoms. The van der Waals surface area contributed by atoms with Gasteiger partial charge in [0.1, 0.15) is 12.9 Å². The first kappa shape index (κ1) is 28.1. The predicted molar refractivity (Wildman–Crippen MR) is 160 cm³/mol. The van der Waals surface area contributed by atoms with Gasteiger partial charge in [-0.05, 0) is 21.7 Å². The lowest BCUT2D eigenvalue weighted by Crippen LogP contribution is -2.75. The molecule has 5 nitrogen and oxygen atoms in total. The van der Waals surface area contributed by atoms with Gasteiger partial charge in [0.2, 0.25) is 5.91 Å². The average molecular weight is 562 g/mol. The van der Waals surface area contributed by atoms with Gasteiger partial charge >= 0.3 is 0 Å². The van der Waals surface area contributed by atoms with E-state index in [0.717, 1.165) is 16.7 Å². The molecule has 3 aromatic carbocycles. The molecule has 0 bridgehead atoms. The number of amides is 1. The van der Waals surface area contributed by atoms with Crippen LogP contribution in [0.15, 0.2) is 91.0 Å². The molecule has 2 aliphatic heterocycles. The highest BCUT2D eigenvalue weighted by Gasteiger charge is 2.62. The fourth-order valence-corrected chi connectivity index (χ4v) is 10.5. The first-order chi connectivity index (χ1) is 18.6. The van der Waals surface area contributed by atoms with Crippen molar-refractivity contribution in [1.82, 2.24) is 4.57 Å². The van der Waals surface area contributed by atoms with Crippen LogP contribution in [0.4, 0.5) is 0 Å². The van der Waals surface area contributed by atoms with Crippen LogP contribution in [0.3, 0.4) is 0 Å². The van der Waals surface area contributed by atoms with Crippen LogP contribution in [0.25, 0.3) is 0 Å². The molecule has 1 amide bonds. The SMILES string of the molecule is CC(C)(C)[Si](C)(C)N1C(=O)[C@H](C(O)C2COCO2)[C@H]1SC(c1ccccc1)(c1ccccc1)c1ccccc1. The summed E-state index contributed by atoms with van der Waals surface area (Å²) < 4.78 is 12.7. The molecular weight excluding hydrogens is 523 g/mol. The fourth-order valence-electron chi connectivity index (χ4n) is 5.56. The highest BCUT2D eigenvalue weighted by Crippen LogP contribution is 2.57. The van der Waals surface area contributed by atoms with Crippen LogP contribution < -0.4 is 0 Å². The molecule has 3 aromatic rings. The Morgan fingerprint density at radius 1 is 0.872 bits per heavy atom. The average Bonchev–Trinajstić information content (AvgIpc) is 3.47. The van der Waals surface area contributed by atoms with Crippen molar-refractivity contribution in [1.29, 1.82) is 0 Å². The van der Waals surface area contributed by atoms with Crippen molar-refractivity contribution in [3.05, 3.63) is 108 Å². The minimum absolute atomic E-state index is 0.0187. The summed E-state index contributed by atoms with van der Waals surface area (Å²) in [5.74, 6) is -0.573. The Hall–Kier alpha value is -2.42. The van der Waals surface area contributed by atoms with E-state index in [0.29, 0.717) is 6.61 Å². The third kappa shape index (κ3) is 4.89. The van der Waals surface area contributed by atoms with Gasteiger partial charge < -0.3 is 19.1 Å². The number of ether oxygens (including phenoxy) is 2. The van der Waals surface area contributed by atoms with Gasteiger partial charge in [-0.15, -0.1) is 11.8 Å². The smallest absolute Gasteiger partial charge is 0.224 e. The van der Waals surface area contributed by atoms with Crippen molar-refractivity contribution in [3.8, 4) is 0 Å². The summed E-state index contributed by atoms with van der Waals surface area (Å²) in [5.41, 5.74) is 3.40. The van der Waals surface area contributed by atoms with Crippen molar-refractivity contribution in [2.75, 3.05) is 13.4 Å². The first-order valence-electron chi connectivity index (χ1n) is 13.6. The van der Waals surface area contributed by atoms with E-state index in [1.807, 2.05) is 18.2 Å². The summed E-state index contributed by atoms with van der Waals surface area (Å²) in [7, 11) is -2.30. The summed E-state index contributed by atoms with van der Waals surface area (Å²) >= 11 is 1.77. The Morgan fingerprint density at radius 3 is 1.72 bits per heavy atom. The molecule has 2 unspecified atom stereocenters. The van der Waals surface area contributed by atoms with Crippen LogP contribution in [0, 0.1) is 5.92 Å². The van der Waals surface area contributed by atoms with E-state index in [-0.39, 0.29) is 23.1 Å². The van der Waals surface area contributed by atoms with E-state index in [4.69, 9.17) is 9.47 Å². The molecule has 4 atom stereocenters. The summed E-state index contributed by atoms with van der Waals surface area (Å²) in [6, 6.07) is 31.6. The number of carbonyl (C=O) groups excluding carboxylic acids is 1. The van der Waals surface area contributed by atoms with E-state index in [2.05, 4.69) is 111 Å². The standard InChI is InChI=1S/C32H39NO4SSi/c1-31(2,3)39(4,5)33-29(35)27(28(34)26-21-36-22-37-26)30(33)38-32(23-15-9-6-10-16-23,24-17-11-7-12-18-24)25-19-13-8-14-20-25/h6-20,26-28,30,34H,21-22H2,1-5H3/t26?,27-,28?,30+/m0/s1. The second kappa shape index (κ2) is 10.9. The van der Waals surface area contributed by atoms with Crippen LogP contribution in [0.2, 0.25) is 18.1 Å². The van der Waals surface area contributed by atoms with E-state index >= 15 is 0 Å². The van der Waals surface area contributed by atoms with Crippen LogP contribution in [0.5, 0.6) is 0 Å². The molecule has 206 valence electrons. The van der Waals surface area contributed by atoms with Gasteiger partial charge in [0, 0.05) is 0 Å². The molecule has 1 N–H and O–H groups in total. The molecule has 2 heterocycles. The maximum atomic E-state index is 14.0. The number of benzene rings is 3. The third-order valence-corrected chi connectivity index (χ3v) is 16.1. The molecule has 2 aliphatic rings. The summed E-state index contributed by atoms with van der Waals surface area (Å²) in [4.78, 5) is 14.0. The molecule has 39 heavy (non-hydrogen) atoms. The number of β-lactam (4-membered cyclic amide) rings is 1. The summed E-state index contributed by atoms with van der Waals surface area (Å²) in [5, 5.41) is 11.2. The second-order valence-electron chi connectivity index (χ2n) is 12.0. The van der Waals surface area contributed by atoms with Crippen molar-refractivity contribution < 1.29 is 19.4 Å². The number of nitrogens with zero attached hydrogens (tertiary/aromatic N) is 1. The van der Waals surface area contributed by atoms with Crippen LogP contribution in [-0.2, 0) is 19.0 Å². The number of carbonyl (C=O) groups is 1. The Morgan fingerprint density at radius 2 is 1.33 bits per heavy atom.